The van der Waals surface area contributed by atoms with E-state index in [1.165, 1.54) is 0 Å². The molecule has 0 saturated heterocycles. The molecule has 0 spiro atoms. The van der Waals surface area contributed by atoms with Gasteiger partial charge in [-0.15, -0.1) is 0 Å². The molecule has 3 nitrogen and oxygen atoms in total. The van der Waals surface area contributed by atoms with Crippen LogP contribution < -0.4 is 0 Å². The van der Waals surface area contributed by atoms with Crippen LogP contribution in [0.5, 0.6) is 0 Å². The van der Waals surface area contributed by atoms with Crippen LogP contribution in [0.4, 0.5) is 0 Å². The van der Waals surface area contributed by atoms with Crippen LogP contribution in [0.1, 0.15) is 32.9 Å². The Morgan fingerprint density at radius 1 is 1.57 bits per heavy atom. The van der Waals surface area contributed by atoms with Crippen molar-refractivity contribution in [1.29, 1.82) is 5.26 Å². The van der Waals surface area contributed by atoms with Gasteiger partial charge in [0, 0.05) is 11.1 Å². The minimum atomic E-state index is 0.0749. The molecule has 1 aromatic heterocycles. The zero-order valence-electron chi connectivity index (χ0n) is 8.79. The fourth-order valence-electron chi connectivity index (χ4n) is 1.15. The Morgan fingerprint density at radius 2 is 2.21 bits per heavy atom. The van der Waals surface area contributed by atoms with E-state index in [0.29, 0.717) is 13.0 Å². The molecule has 1 N–H and O–H groups in total. The van der Waals surface area contributed by atoms with Crippen LogP contribution in [0.15, 0.2) is 6.07 Å². The average molecular weight is 209 g/mol. The minimum Gasteiger partial charge on any atom is -0.301 e. The number of hydrogen-bond acceptors (Lipinski definition) is 2. The predicted octanol–water partition coefficient (Wildman–Crippen LogP) is 2.76. The van der Waals surface area contributed by atoms with Crippen molar-refractivity contribution in [2.75, 3.05) is 0 Å². The largest absolute Gasteiger partial charge is 0.301 e. The van der Waals surface area contributed by atoms with Gasteiger partial charge >= 0.3 is 0 Å². The van der Waals surface area contributed by atoms with Crippen molar-refractivity contribution < 1.29 is 0 Å². The SMILES string of the molecule is CC(C)(C)c1cc(=S)n(CCC#N)[nH]1. The Morgan fingerprint density at radius 3 is 2.64 bits per heavy atom. The smallest absolute Gasteiger partial charge is 0.122 e. The van der Waals surface area contributed by atoms with E-state index in [-0.39, 0.29) is 5.41 Å². The number of aromatic nitrogens is 2. The van der Waals surface area contributed by atoms with E-state index in [1.54, 1.807) is 0 Å². The van der Waals surface area contributed by atoms with Gasteiger partial charge in [0.15, 0.2) is 0 Å². The quantitative estimate of drug-likeness (QED) is 0.761. The van der Waals surface area contributed by atoms with Crippen LogP contribution >= 0.6 is 12.2 Å². The van der Waals surface area contributed by atoms with Gasteiger partial charge in [-0.3, -0.25) is 4.68 Å². The maximum atomic E-state index is 8.47. The molecule has 14 heavy (non-hydrogen) atoms. The molecule has 1 rings (SSSR count). The number of hydrogen-bond donors (Lipinski definition) is 1. The maximum absolute atomic E-state index is 8.47. The number of aromatic amines is 1. The molecule has 0 radical (unpaired) electrons. The van der Waals surface area contributed by atoms with E-state index in [2.05, 4.69) is 31.9 Å². The van der Waals surface area contributed by atoms with Crippen LogP contribution in [0.25, 0.3) is 0 Å². The summed E-state index contributed by atoms with van der Waals surface area (Å²) in [4.78, 5) is 0. The van der Waals surface area contributed by atoms with E-state index in [9.17, 15) is 0 Å². The number of nitriles is 1. The molecule has 76 valence electrons. The highest BCUT2D eigenvalue weighted by Gasteiger charge is 2.16. The summed E-state index contributed by atoms with van der Waals surface area (Å²) < 4.78 is 2.62. The summed E-state index contributed by atoms with van der Waals surface area (Å²) in [6.07, 6.45) is 0.485. The first-order chi connectivity index (χ1) is 6.45. The number of nitrogens with one attached hydrogen (secondary N) is 1. The van der Waals surface area contributed by atoms with Crippen LogP contribution in [-0.4, -0.2) is 9.78 Å². The Hall–Kier alpha value is -1.08. The molecule has 0 unspecified atom stereocenters. The molecular formula is C10H15N3S. The van der Waals surface area contributed by atoms with Gasteiger partial charge in [-0.2, -0.15) is 5.26 Å². The Balaban J connectivity index is 2.95. The molecule has 0 atom stereocenters. The van der Waals surface area contributed by atoms with Crippen molar-refractivity contribution in [2.45, 2.75) is 39.2 Å². The summed E-state index contributed by atoms with van der Waals surface area (Å²) in [5.41, 5.74) is 1.19. The van der Waals surface area contributed by atoms with E-state index >= 15 is 0 Å². The van der Waals surface area contributed by atoms with Crippen molar-refractivity contribution in [2.24, 2.45) is 0 Å². The highest BCUT2D eigenvalue weighted by atomic mass is 32.1. The van der Waals surface area contributed by atoms with Gasteiger partial charge in [-0.1, -0.05) is 33.0 Å². The first-order valence-electron chi connectivity index (χ1n) is 4.62. The summed E-state index contributed by atoms with van der Waals surface area (Å²) in [5, 5.41) is 11.7. The van der Waals surface area contributed by atoms with Gasteiger partial charge in [0.1, 0.15) is 4.64 Å². The molecule has 4 heteroatoms. The first-order valence-corrected chi connectivity index (χ1v) is 5.03. The number of H-pyrrole nitrogens is 1. The monoisotopic (exact) mass is 209 g/mol. The summed E-state index contributed by atoms with van der Waals surface area (Å²) in [7, 11) is 0. The van der Waals surface area contributed by atoms with Crippen molar-refractivity contribution in [1.82, 2.24) is 9.78 Å². The zero-order chi connectivity index (χ0) is 10.8. The van der Waals surface area contributed by atoms with Gasteiger partial charge in [0.05, 0.1) is 19.0 Å². The van der Waals surface area contributed by atoms with Gasteiger partial charge < -0.3 is 5.10 Å². The third kappa shape index (κ3) is 2.46. The van der Waals surface area contributed by atoms with Crippen LogP contribution in [0.2, 0.25) is 0 Å². The molecule has 0 bridgehead atoms. The molecule has 0 aliphatic heterocycles. The summed E-state index contributed by atoms with van der Waals surface area (Å²) >= 11 is 5.18. The second kappa shape index (κ2) is 3.97. The minimum absolute atomic E-state index is 0.0749. The molecule has 0 aliphatic rings. The van der Waals surface area contributed by atoms with E-state index in [1.807, 2.05) is 10.7 Å². The topological polar surface area (TPSA) is 44.5 Å². The number of aryl methyl sites for hydroxylation is 1. The van der Waals surface area contributed by atoms with E-state index in [0.717, 1.165) is 10.3 Å². The normalized spacial score (nSPS) is 11.3. The third-order valence-corrected chi connectivity index (χ3v) is 2.38. The predicted molar refractivity (Wildman–Crippen MR) is 58.5 cm³/mol. The van der Waals surface area contributed by atoms with Crippen molar-refractivity contribution >= 4 is 12.2 Å². The van der Waals surface area contributed by atoms with Crippen LogP contribution in [-0.2, 0) is 12.0 Å². The maximum Gasteiger partial charge on any atom is 0.122 e. The van der Waals surface area contributed by atoms with Gasteiger partial charge in [0.2, 0.25) is 0 Å². The van der Waals surface area contributed by atoms with Crippen molar-refractivity contribution in [3.05, 3.63) is 16.4 Å². The van der Waals surface area contributed by atoms with Crippen LogP contribution in [0.3, 0.4) is 0 Å². The Bertz CT molecular complexity index is 400. The van der Waals surface area contributed by atoms with E-state index < -0.39 is 0 Å². The number of nitrogens with zero attached hydrogens (tertiary/aromatic N) is 2. The van der Waals surface area contributed by atoms with E-state index in [4.69, 9.17) is 17.5 Å². The highest BCUT2D eigenvalue weighted by Crippen LogP contribution is 2.20. The van der Waals surface area contributed by atoms with Gasteiger partial charge in [-0.05, 0) is 6.07 Å². The lowest BCUT2D eigenvalue weighted by Crippen LogP contribution is -2.13. The standard InChI is InChI=1S/C10H15N3S/c1-10(2,3)8-7-9(14)13(12-8)6-4-5-11/h7,12H,4,6H2,1-3H3. The fourth-order valence-corrected chi connectivity index (χ4v) is 1.40. The first kappa shape index (κ1) is 11.0. The lowest BCUT2D eigenvalue weighted by Gasteiger charge is -2.15. The lowest BCUT2D eigenvalue weighted by molar-refractivity contribution is 0.533. The molecule has 1 aromatic rings. The Labute approximate surface area is 89.3 Å². The summed E-state index contributed by atoms with van der Waals surface area (Å²) in [5.74, 6) is 0. The molecular weight excluding hydrogens is 194 g/mol. The molecule has 0 fully saturated rings. The third-order valence-electron chi connectivity index (χ3n) is 2.04. The molecule has 0 aliphatic carbocycles. The highest BCUT2D eigenvalue weighted by molar-refractivity contribution is 7.71. The summed E-state index contributed by atoms with van der Waals surface area (Å²) in [6, 6.07) is 4.07. The lowest BCUT2D eigenvalue weighted by atomic mass is 9.93. The molecule has 0 saturated carbocycles. The average Bonchev–Trinajstić information content (AvgIpc) is 2.43. The Kier molecular flexibility index (Phi) is 3.12. The summed E-state index contributed by atoms with van der Waals surface area (Å²) in [6.45, 7) is 7.03. The zero-order valence-corrected chi connectivity index (χ0v) is 9.61. The second-order valence-corrected chi connectivity index (χ2v) is 4.74. The molecule has 0 aromatic carbocycles. The van der Waals surface area contributed by atoms with Gasteiger partial charge in [-0.25, -0.2) is 0 Å². The van der Waals surface area contributed by atoms with Crippen molar-refractivity contribution in [3.8, 4) is 6.07 Å². The number of rotatable bonds is 2. The van der Waals surface area contributed by atoms with Gasteiger partial charge in [0.25, 0.3) is 0 Å². The molecule has 1 heterocycles. The molecule has 0 amide bonds. The second-order valence-electron chi connectivity index (χ2n) is 4.32. The van der Waals surface area contributed by atoms with Crippen molar-refractivity contribution in [3.63, 3.8) is 0 Å². The van der Waals surface area contributed by atoms with Crippen LogP contribution in [0, 0.1) is 16.0 Å². The fraction of sp³-hybridized carbons (Fsp3) is 0.600.